The molecule has 0 spiro atoms. The van der Waals surface area contributed by atoms with Gasteiger partial charge in [0.05, 0.1) is 12.0 Å². The molecule has 3 aromatic heterocycles. The molecule has 0 aliphatic rings. The van der Waals surface area contributed by atoms with Crippen LogP contribution in [0.2, 0.25) is 0 Å². The molecular formula is C27H26N4O4. The number of hydrogen-bond donors (Lipinski definition) is 0. The van der Waals surface area contributed by atoms with E-state index in [-0.39, 0.29) is 34.6 Å². The minimum atomic E-state index is -0.670. The van der Waals surface area contributed by atoms with Crippen molar-refractivity contribution in [3.8, 4) is 0 Å². The summed E-state index contributed by atoms with van der Waals surface area (Å²) in [6.07, 6.45) is 4.63. The molecule has 0 atom stereocenters. The summed E-state index contributed by atoms with van der Waals surface area (Å²) in [7, 11) is 0. The van der Waals surface area contributed by atoms with Crippen LogP contribution in [0.5, 0.6) is 0 Å². The first-order valence-corrected chi connectivity index (χ1v) is 11.4. The lowest BCUT2D eigenvalue weighted by Gasteiger charge is -2.18. The predicted molar refractivity (Wildman–Crippen MR) is 134 cm³/mol. The zero-order valence-electron chi connectivity index (χ0n) is 20.1. The van der Waals surface area contributed by atoms with Gasteiger partial charge in [-0.25, -0.2) is 9.78 Å². The van der Waals surface area contributed by atoms with Crippen molar-refractivity contribution in [1.82, 2.24) is 14.0 Å². The Balaban J connectivity index is 2.06. The molecule has 0 fully saturated rings. The molecule has 8 nitrogen and oxygen atoms in total. The third-order valence-electron chi connectivity index (χ3n) is 5.50. The van der Waals surface area contributed by atoms with Gasteiger partial charge in [0.1, 0.15) is 16.9 Å². The van der Waals surface area contributed by atoms with Crippen LogP contribution in [0, 0.1) is 6.92 Å². The Morgan fingerprint density at radius 1 is 1.11 bits per heavy atom. The standard InChI is InChI=1S/C27H26N4O4/c1-5-35-27(34)21-16-20-24(29-23-18(4)10-9-15-30(23)26(20)33)31(17(2)3)25(21)28-22(32)14-13-19-11-7-6-8-12-19/h6-17H,5H2,1-4H3/b14-13-,28-25?. The van der Waals surface area contributed by atoms with E-state index < -0.39 is 11.9 Å². The Morgan fingerprint density at radius 3 is 2.54 bits per heavy atom. The van der Waals surface area contributed by atoms with E-state index in [0.717, 1.165) is 11.1 Å². The molecule has 0 bridgehead atoms. The van der Waals surface area contributed by atoms with Gasteiger partial charge in [0, 0.05) is 18.3 Å². The van der Waals surface area contributed by atoms with E-state index in [2.05, 4.69) is 4.99 Å². The fourth-order valence-electron chi connectivity index (χ4n) is 3.88. The molecule has 4 rings (SSSR count). The molecule has 0 saturated carbocycles. The minimum Gasteiger partial charge on any atom is -0.462 e. The Hall–Kier alpha value is -4.33. The Labute approximate surface area is 201 Å². The number of carbonyl (C=O) groups is 2. The highest BCUT2D eigenvalue weighted by molar-refractivity contribution is 5.96. The summed E-state index contributed by atoms with van der Waals surface area (Å²) >= 11 is 0. The lowest BCUT2D eigenvalue weighted by Crippen LogP contribution is -2.33. The third kappa shape index (κ3) is 4.68. The molecule has 0 saturated heterocycles. The number of pyridine rings is 2. The second-order valence-electron chi connectivity index (χ2n) is 8.30. The van der Waals surface area contributed by atoms with E-state index in [1.54, 1.807) is 29.8 Å². The Bertz CT molecular complexity index is 1600. The number of nitrogens with zero attached hydrogens (tertiary/aromatic N) is 4. The fourth-order valence-corrected chi connectivity index (χ4v) is 3.88. The molecular weight excluding hydrogens is 444 g/mol. The summed E-state index contributed by atoms with van der Waals surface area (Å²) in [5.41, 5.74) is 2.29. The van der Waals surface area contributed by atoms with Gasteiger partial charge in [0.2, 0.25) is 0 Å². The monoisotopic (exact) mass is 470 g/mol. The third-order valence-corrected chi connectivity index (χ3v) is 5.50. The van der Waals surface area contributed by atoms with Crippen LogP contribution in [0.25, 0.3) is 22.8 Å². The molecule has 0 aliphatic carbocycles. The first kappa shape index (κ1) is 23.8. The van der Waals surface area contributed by atoms with Gasteiger partial charge in [-0.3, -0.25) is 14.0 Å². The van der Waals surface area contributed by atoms with Crippen molar-refractivity contribution in [2.75, 3.05) is 6.61 Å². The summed E-state index contributed by atoms with van der Waals surface area (Å²) in [6, 6.07) is 14.1. The average Bonchev–Trinajstić information content (AvgIpc) is 2.84. The number of benzene rings is 1. The number of ether oxygens (including phenoxy) is 1. The van der Waals surface area contributed by atoms with E-state index in [1.807, 2.05) is 57.2 Å². The smallest absolute Gasteiger partial charge is 0.341 e. The van der Waals surface area contributed by atoms with Gasteiger partial charge in [0.25, 0.3) is 11.5 Å². The van der Waals surface area contributed by atoms with Gasteiger partial charge in [-0.15, -0.1) is 0 Å². The van der Waals surface area contributed by atoms with Gasteiger partial charge in [-0.2, -0.15) is 4.99 Å². The number of esters is 1. The van der Waals surface area contributed by atoms with E-state index in [4.69, 9.17) is 9.72 Å². The van der Waals surface area contributed by atoms with Crippen molar-refractivity contribution in [2.45, 2.75) is 33.7 Å². The number of carbonyl (C=O) groups excluding carboxylic acids is 2. The molecule has 0 N–H and O–H groups in total. The topological polar surface area (TPSA) is 95.0 Å². The number of aromatic nitrogens is 3. The van der Waals surface area contributed by atoms with Crippen molar-refractivity contribution in [3.05, 3.63) is 93.3 Å². The highest BCUT2D eigenvalue weighted by atomic mass is 16.5. The largest absolute Gasteiger partial charge is 0.462 e. The van der Waals surface area contributed by atoms with Crippen molar-refractivity contribution in [2.24, 2.45) is 4.99 Å². The van der Waals surface area contributed by atoms with Crippen LogP contribution in [0.15, 0.2) is 70.6 Å². The highest BCUT2D eigenvalue weighted by Gasteiger charge is 2.21. The highest BCUT2D eigenvalue weighted by Crippen LogP contribution is 2.16. The molecule has 0 radical (unpaired) electrons. The fraction of sp³-hybridized carbons (Fsp3) is 0.222. The van der Waals surface area contributed by atoms with Crippen molar-refractivity contribution in [1.29, 1.82) is 0 Å². The second kappa shape index (κ2) is 9.89. The second-order valence-corrected chi connectivity index (χ2v) is 8.30. The summed E-state index contributed by atoms with van der Waals surface area (Å²) in [5, 5.41) is 0.232. The summed E-state index contributed by atoms with van der Waals surface area (Å²) in [4.78, 5) is 48.2. The normalized spacial score (nSPS) is 12.2. The maximum absolute atomic E-state index is 13.4. The molecule has 3 heterocycles. The van der Waals surface area contributed by atoms with Gasteiger partial charge >= 0.3 is 5.97 Å². The first-order chi connectivity index (χ1) is 16.8. The molecule has 8 heteroatoms. The lowest BCUT2D eigenvalue weighted by molar-refractivity contribution is -0.113. The van der Waals surface area contributed by atoms with Crippen LogP contribution < -0.4 is 11.0 Å². The number of aryl methyl sites for hydroxylation is 1. The lowest BCUT2D eigenvalue weighted by atomic mass is 10.1. The van der Waals surface area contributed by atoms with Gasteiger partial charge in [-0.1, -0.05) is 36.4 Å². The summed E-state index contributed by atoms with van der Waals surface area (Å²) in [5.74, 6) is -1.22. The molecule has 0 aliphatic heterocycles. The van der Waals surface area contributed by atoms with E-state index in [1.165, 1.54) is 16.5 Å². The van der Waals surface area contributed by atoms with Gasteiger partial charge < -0.3 is 9.30 Å². The number of fused-ring (bicyclic) bond motifs is 2. The Morgan fingerprint density at radius 2 is 1.86 bits per heavy atom. The maximum atomic E-state index is 13.4. The molecule has 0 unspecified atom stereocenters. The van der Waals surface area contributed by atoms with Crippen LogP contribution in [-0.2, 0) is 9.53 Å². The average molecular weight is 471 g/mol. The van der Waals surface area contributed by atoms with Crippen molar-refractivity contribution in [3.63, 3.8) is 0 Å². The van der Waals surface area contributed by atoms with E-state index >= 15 is 0 Å². The van der Waals surface area contributed by atoms with Crippen LogP contribution in [0.4, 0.5) is 0 Å². The van der Waals surface area contributed by atoms with E-state index in [0.29, 0.717) is 11.3 Å². The quantitative estimate of drug-likeness (QED) is 0.251. The van der Waals surface area contributed by atoms with Crippen LogP contribution in [-0.4, -0.2) is 32.4 Å². The summed E-state index contributed by atoms with van der Waals surface area (Å²) in [6.45, 7) is 7.43. The molecule has 178 valence electrons. The zero-order chi connectivity index (χ0) is 25.1. The summed E-state index contributed by atoms with van der Waals surface area (Å²) < 4.78 is 8.33. The minimum absolute atomic E-state index is 0.0287. The SMILES string of the molecule is CCOC(=O)c1cc2c(=O)n3cccc(C)c3nc2n(C(C)C)c1=NC(=O)/C=C\c1ccccc1. The maximum Gasteiger partial charge on any atom is 0.341 e. The molecule has 35 heavy (non-hydrogen) atoms. The first-order valence-electron chi connectivity index (χ1n) is 11.4. The van der Waals surface area contributed by atoms with Crippen molar-refractivity contribution >= 4 is 34.6 Å². The van der Waals surface area contributed by atoms with Crippen LogP contribution in [0.3, 0.4) is 0 Å². The molecule has 1 aromatic carbocycles. The number of amides is 1. The van der Waals surface area contributed by atoms with Crippen molar-refractivity contribution < 1.29 is 14.3 Å². The molecule has 1 amide bonds. The van der Waals surface area contributed by atoms with Crippen LogP contribution in [0.1, 0.15) is 48.3 Å². The van der Waals surface area contributed by atoms with Gasteiger partial charge in [0.15, 0.2) is 5.49 Å². The predicted octanol–water partition coefficient (Wildman–Crippen LogP) is 3.86. The number of hydrogen-bond acceptors (Lipinski definition) is 5. The zero-order valence-corrected chi connectivity index (χ0v) is 20.1. The van der Waals surface area contributed by atoms with Crippen LogP contribution >= 0.6 is 0 Å². The van der Waals surface area contributed by atoms with E-state index in [9.17, 15) is 14.4 Å². The number of rotatable bonds is 5. The van der Waals surface area contributed by atoms with Gasteiger partial charge in [-0.05, 0) is 57.0 Å². The Kier molecular flexibility index (Phi) is 6.73. The molecule has 4 aromatic rings.